The molecule has 21 heavy (non-hydrogen) atoms. The van der Waals surface area contributed by atoms with E-state index < -0.39 is 5.60 Å². The molecule has 1 aliphatic rings. The molecule has 0 spiro atoms. The molecule has 0 heterocycles. The van der Waals surface area contributed by atoms with Gasteiger partial charge in [-0.15, -0.1) is 0 Å². The van der Waals surface area contributed by atoms with Crippen molar-refractivity contribution < 1.29 is 9.90 Å². The number of carbonyl (C=O) groups excluding carboxylic acids is 1. The number of carbonyl (C=O) groups is 1. The second kappa shape index (κ2) is 7.05. The molecule has 1 saturated carbocycles. The van der Waals surface area contributed by atoms with Crippen LogP contribution in [0.3, 0.4) is 0 Å². The number of amides is 1. The molecule has 0 radical (unpaired) electrons. The van der Waals surface area contributed by atoms with Gasteiger partial charge in [0.2, 0.25) is 5.91 Å². The van der Waals surface area contributed by atoms with Crippen molar-refractivity contribution >= 4 is 11.6 Å². The van der Waals surface area contributed by atoms with E-state index >= 15 is 0 Å². The SMILES string of the molecule is Cc1ccccc1NC(=O)CNCC1(O)CCCC(C)C1. The molecule has 1 aromatic rings. The summed E-state index contributed by atoms with van der Waals surface area (Å²) < 4.78 is 0. The van der Waals surface area contributed by atoms with Crippen LogP contribution in [0.1, 0.15) is 38.2 Å². The van der Waals surface area contributed by atoms with E-state index in [4.69, 9.17) is 0 Å². The maximum Gasteiger partial charge on any atom is 0.238 e. The summed E-state index contributed by atoms with van der Waals surface area (Å²) in [5.74, 6) is 0.489. The van der Waals surface area contributed by atoms with E-state index in [1.54, 1.807) is 0 Å². The van der Waals surface area contributed by atoms with Gasteiger partial charge >= 0.3 is 0 Å². The number of anilines is 1. The van der Waals surface area contributed by atoms with Crippen molar-refractivity contribution in [1.29, 1.82) is 0 Å². The summed E-state index contributed by atoms with van der Waals surface area (Å²) in [5.41, 5.74) is 1.24. The lowest BCUT2D eigenvalue weighted by molar-refractivity contribution is -0.115. The summed E-state index contributed by atoms with van der Waals surface area (Å²) in [4.78, 5) is 11.9. The summed E-state index contributed by atoms with van der Waals surface area (Å²) in [5, 5.41) is 16.5. The van der Waals surface area contributed by atoms with Crippen LogP contribution in [0.25, 0.3) is 0 Å². The van der Waals surface area contributed by atoms with Crippen molar-refractivity contribution in [3.63, 3.8) is 0 Å². The zero-order chi connectivity index (χ0) is 15.3. The molecular weight excluding hydrogens is 264 g/mol. The molecule has 4 heteroatoms. The second-order valence-corrected chi connectivity index (χ2v) is 6.39. The predicted molar refractivity (Wildman–Crippen MR) is 85.3 cm³/mol. The van der Waals surface area contributed by atoms with Crippen LogP contribution in [0.4, 0.5) is 5.69 Å². The normalized spacial score (nSPS) is 25.6. The van der Waals surface area contributed by atoms with Gasteiger partial charge in [-0.05, 0) is 37.3 Å². The Balaban J connectivity index is 1.75. The Morgan fingerprint density at radius 3 is 2.90 bits per heavy atom. The van der Waals surface area contributed by atoms with E-state index in [2.05, 4.69) is 17.6 Å². The fourth-order valence-electron chi connectivity index (χ4n) is 3.11. The van der Waals surface area contributed by atoms with Crippen LogP contribution in [0.15, 0.2) is 24.3 Å². The number of aliphatic hydroxyl groups is 1. The van der Waals surface area contributed by atoms with E-state index in [0.29, 0.717) is 12.5 Å². The highest BCUT2D eigenvalue weighted by Crippen LogP contribution is 2.31. The van der Waals surface area contributed by atoms with Gasteiger partial charge in [-0.3, -0.25) is 4.79 Å². The zero-order valence-electron chi connectivity index (χ0n) is 13.0. The number of benzene rings is 1. The molecule has 116 valence electrons. The Morgan fingerprint density at radius 1 is 1.43 bits per heavy atom. The van der Waals surface area contributed by atoms with Crippen molar-refractivity contribution in [2.45, 2.75) is 45.1 Å². The monoisotopic (exact) mass is 290 g/mol. The smallest absolute Gasteiger partial charge is 0.238 e. The molecule has 4 nitrogen and oxygen atoms in total. The summed E-state index contributed by atoms with van der Waals surface area (Å²) in [6.45, 7) is 4.85. The van der Waals surface area contributed by atoms with E-state index in [1.807, 2.05) is 31.2 Å². The van der Waals surface area contributed by atoms with Gasteiger partial charge in [0.1, 0.15) is 0 Å². The molecule has 0 aliphatic heterocycles. The number of para-hydroxylation sites is 1. The molecule has 0 aromatic heterocycles. The third-order valence-corrected chi connectivity index (χ3v) is 4.23. The van der Waals surface area contributed by atoms with Crippen LogP contribution in [0.5, 0.6) is 0 Å². The molecule has 1 fully saturated rings. The maximum absolute atomic E-state index is 11.9. The van der Waals surface area contributed by atoms with E-state index in [0.717, 1.165) is 30.5 Å². The Kier molecular flexibility index (Phi) is 5.37. The van der Waals surface area contributed by atoms with Crippen molar-refractivity contribution in [3.8, 4) is 0 Å². The highest BCUT2D eigenvalue weighted by atomic mass is 16.3. The first kappa shape index (κ1) is 16.0. The fraction of sp³-hybridized carbons (Fsp3) is 0.588. The summed E-state index contributed by atoms with van der Waals surface area (Å²) >= 11 is 0. The molecule has 0 saturated heterocycles. The van der Waals surface area contributed by atoms with Gasteiger partial charge in [0, 0.05) is 12.2 Å². The quantitative estimate of drug-likeness (QED) is 0.780. The Morgan fingerprint density at radius 2 is 2.19 bits per heavy atom. The van der Waals surface area contributed by atoms with Gasteiger partial charge in [0.15, 0.2) is 0 Å². The largest absolute Gasteiger partial charge is 0.389 e. The fourth-order valence-corrected chi connectivity index (χ4v) is 3.11. The molecule has 0 bridgehead atoms. The average molecular weight is 290 g/mol. The van der Waals surface area contributed by atoms with Crippen LogP contribution in [-0.4, -0.2) is 29.7 Å². The lowest BCUT2D eigenvalue weighted by Gasteiger charge is -2.35. The standard InChI is InChI=1S/C17H26N2O2/c1-13-6-5-9-17(21,10-13)12-18-11-16(20)19-15-8-4-3-7-14(15)2/h3-4,7-8,13,18,21H,5-6,9-12H2,1-2H3,(H,19,20). The number of hydrogen-bond donors (Lipinski definition) is 3. The summed E-state index contributed by atoms with van der Waals surface area (Å²) in [7, 11) is 0. The average Bonchev–Trinajstić information content (AvgIpc) is 2.41. The molecule has 2 rings (SSSR count). The second-order valence-electron chi connectivity index (χ2n) is 6.39. The Bertz CT molecular complexity index is 489. The first-order valence-electron chi connectivity index (χ1n) is 7.77. The van der Waals surface area contributed by atoms with Crippen LogP contribution < -0.4 is 10.6 Å². The first-order chi connectivity index (χ1) is 9.98. The first-order valence-corrected chi connectivity index (χ1v) is 7.77. The number of rotatable bonds is 5. The molecule has 1 aromatic carbocycles. The van der Waals surface area contributed by atoms with Crippen molar-refractivity contribution in [2.24, 2.45) is 5.92 Å². The number of nitrogens with one attached hydrogen (secondary N) is 2. The van der Waals surface area contributed by atoms with Gasteiger partial charge in [0.05, 0.1) is 12.1 Å². The molecular formula is C17H26N2O2. The predicted octanol–water partition coefficient (Wildman–Crippen LogP) is 2.46. The summed E-state index contributed by atoms with van der Waals surface area (Å²) in [6, 6.07) is 7.71. The highest BCUT2D eigenvalue weighted by molar-refractivity contribution is 5.92. The molecule has 2 unspecified atom stereocenters. The van der Waals surface area contributed by atoms with Crippen LogP contribution in [-0.2, 0) is 4.79 Å². The van der Waals surface area contributed by atoms with Crippen molar-refractivity contribution in [3.05, 3.63) is 29.8 Å². The van der Waals surface area contributed by atoms with Crippen LogP contribution in [0, 0.1) is 12.8 Å². The van der Waals surface area contributed by atoms with Gasteiger partial charge < -0.3 is 15.7 Å². The van der Waals surface area contributed by atoms with Gasteiger partial charge in [-0.2, -0.15) is 0 Å². The van der Waals surface area contributed by atoms with Gasteiger partial charge in [0.25, 0.3) is 0 Å². The third kappa shape index (κ3) is 4.83. The lowest BCUT2D eigenvalue weighted by Crippen LogP contribution is -2.45. The van der Waals surface area contributed by atoms with E-state index in [1.165, 1.54) is 6.42 Å². The molecule has 3 N–H and O–H groups in total. The van der Waals surface area contributed by atoms with E-state index in [9.17, 15) is 9.90 Å². The minimum absolute atomic E-state index is 0.0724. The number of hydrogen-bond acceptors (Lipinski definition) is 3. The molecule has 2 atom stereocenters. The highest BCUT2D eigenvalue weighted by Gasteiger charge is 2.32. The van der Waals surface area contributed by atoms with Gasteiger partial charge in [-0.25, -0.2) is 0 Å². The maximum atomic E-state index is 11.9. The topological polar surface area (TPSA) is 61.4 Å². The Labute approximate surface area is 126 Å². The molecule has 1 aliphatic carbocycles. The Hall–Kier alpha value is -1.39. The minimum atomic E-state index is -0.652. The van der Waals surface area contributed by atoms with Crippen LogP contribution in [0.2, 0.25) is 0 Å². The zero-order valence-corrected chi connectivity index (χ0v) is 13.0. The number of aryl methyl sites for hydroxylation is 1. The third-order valence-electron chi connectivity index (χ3n) is 4.23. The van der Waals surface area contributed by atoms with E-state index in [-0.39, 0.29) is 12.5 Å². The lowest BCUT2D eigenvalue weighted by atomic mass is 9.79. The van der Waals surface area contributed by atoms with Crippen molar-refractivity contribution in [1.82, 2.24) is 5.32 Å². The van der Waals surface area contributed by atoms with Crippen molar-refractivity contribution in [2.75, 3.05) is 18.4 Å². The summed E-state index contributed by atoms with van der Waals surface area (Å²) in [6.07, 6.45) is 3.90. The van der Waals surface area contributed by atoms with Gasteiger partial charge in [-0.1, -0.05) is 38.0 Å². The minimum Gasteiger partial charge on any atom is -0.389 e. The molecule has 1 amide bonds. The van der Waals surface area contributed by atoms with Crippen LogP contribution >= 0.6 is 0 Å².